The zero-order chi connectivity index (χ0) is 15.2. The second-order valence-electron chi connectivity index (χ2n) is 5.10. The Labute approximate surface area is 125 Å². The molecule has 2 aromatic rings. The summed E-state index contributed by atoms with van der Waals surface area (Å²) in [5.41, 5.74) is 10.5. The van der Waals surface area contributed by atoms with E-state index in [1.807, 2.05) is 24.3 Å². The summed E-state index contributed by atoms with van der Waals surface area (Å²) in [7, 11) is 0. The van der Waals surface area contributed by atoms with Crippen LogP contribution in [0.1, 0.15) is 30.5 Å². The van der Waals surface area contributed by atoms with E-state index in [0.29, 0.717) is 6.61 Å². The first-order chi connectivity index (χ1) is 10.1. The average Bonchev–Trinajstić information content (AvgIpc) is 2.48. The van der Waals surface area contributed by atoms with E-state index in [-0.39, 0.29) is 18.4 Å². The number of rotatable bonds is 5. The Morgan fingerprint density at radius 2 is 1.57 bits per heavy atom. The van der Waals surface area contributed by atoms with Gasteiger partial charge < -0.3 is 10.5 Å². The van der Waals surface area contributed by atoms with E-state index in [0.717, 1.165) is 11.1 Å². The topological polar surface area (TPSA) is 52.3 Å². The van der Waals surface area contributed by atoms with E-state index in [1.165, 1.54) is 11.1 Å². The Bertz CT molecular complexity index is 588. The molecule has 0 radical (unpaired) electrons. The van der Waals surface area contributed by atoms with Gasteiger partial charge in [0.15, 0.2) is 0 Å². The van der Waals surface area contributed by atoms with Crippen LogP contribution in [0.4, 0.5) is 0 Å². The van der Waals surface area contributed by atoms with Crippen molar-refractivity contribution in [2.75, 3.05) is 6.61 Å². The van der Waals surface area contributed by atoms with Crippen molar-refractivity contribution in [1.29, 1.82) is 0 Å². The van der Waals surface area contributed by atoms with Crippen LogP contribution in [-0.2, 0) is 9.53 Å². The van der Waals surface area contributed by atoms with Crippen LogP contribution in [0, 0.1) is 6.92 Å². The molecule has 2 aromatic carbocycles. The molecule has 0 heterocycles. The number of hydrogen-bond acceptors (Lipinski definition) is 3. The predicted octanol–water partition coefficient (Wildman–Crippen LogP) is 3.62. The summed E-state index contributed by atoms with van der Waals surface area (Å²) < 4.78 is 4.92. The third kappa shape index (κ3) is 4.17. The molecule has 0 saturated carbocycles. The van der Waals surface area contributed by atoms with Gasteiger partial charge in [-0.2, -0.15) is 0 Å². The van der Waals surface area contributed by atoms with Gasteiger partial charge in [-0.1, -0.05) is 54.1 Å². The normalized spacial score (nSPS) is 12.0. The molecule has 2 N–H and O–H groups in total. The van der Waals surface area contributed by atoms with Crippen molar-refractivity contribution in [3.05, 3.63) is 59.7 Å². The predicted molar refractivity (Wildman–Crippen MR) is 84.8 cm³/mol. The van der Waals surface area contributed by atoms with Gasteiger partial charge in [-0.15, -0.1) is 0 Å². The Morgan fingerprint density at radius 1 is 1.05 bits per heavy atom. The van der Waals surface area contributed by atoms with Crippen LogP contribution in [0.3, 0.4) is 0 Å². The van der Waals surface area contributed by atoms with Crippen molar-refractivity contribution < 1.29 is 9.53 Å². The highest BCUT2D eigenvalue weighted by atomic mass is 16.5. The Morgan fingerprint density at radius 3 is 2.10 bits per heavy atom. The summed E-state index contributed by atoms with van der Waals surface area (Å²) in [5.74, 6) is -0.257. The summed E-state index contributed by atoms with van der Waals surface area (Å²) in [5, 5.41) is 0. The van der Waals surface area contributed by atoms with E-state index < -0.39 is 0 Å². The van der Waals surface area contributed by atoms with E-state index >= 15 is 0 Å². The van der Waals surface area contributed by atoms with Crippen molar-refractivity contribution in [2.24, 2.45) is 5.73 Å². The highest BCUT2D eigenvalue weighted by molar-refractivity contribution is 5.70. The smallest absolute Gasteiger partial charge is 0.307 e. The lowest BCUT2D eigenvalue weighted by Crippen LogP contribution is -2.17. The van der Waals surface area contributed by atoms with Gasteiger partial charge in [0.25, 0.3) is 0 Å². The highest BCUT2D eigenvalue weighted by Gasteiger charge is 2.12. The standard InChI is InChI=1S/C18H21NO2/c1-3-21-18(20)12-17(19)16-10-8-15(9-11-16)14-6-4-13(2)5-7-14/h4-11,17H,3,12,19H2,1-2H3. The van der Waals surface area contributed by atoms with Gasteiger partial charge in [0.2, 0.25) is 0 Å². The van der Waals surface area contributed by atoms with Crippen LogP contribution in [0.15, 0.2) is 48.5 Å². The van der Waals surface area contributed by atoms with Gasteiger partial charge >= 0.3 is 5.97 Å². The molecule has 3 heteroatoms. The monoisotopic (exact) mass is 283 g/mol. The molecule has 110 valence electrons. The molecule has 0 aromatic heterocycles. The average molecular weight is 283 g/mol. The number of benzene rings is 2. The lowest BCUT2D eigenvalue weighted by atomic mass is 9.99. The third-order valence-electron chi connectivity index (χ3n) is 3.42. The number of hydrogen-bond donors (Lipinski definition) is 1. The van der Waals surface area contributed by atoms with Gasteiger partial charge in [-0.3, -0.25) is 4.79 Å². The second-order valence-corrected chi connectivity index (χ2v) is 5.10. The van der Waals surface area contributed by atoms with E-state index in [4.69, 9.17) is 10.5 Å². The fourth-order valence-electron chi connectivity index (χ4n) is 2.19. The lowest BCUT2D eigenvalue weighted by molar-refractivity contribution is -0.143. The Kier molecular flexibility index (Phi) is 5.12. The maximum Gasteiger partial charge on any atom is 0.307 e. The molecule has 0 fully saturated rings. The number of carbonyl (C=O) groups excluding carboxylic acids is 1. The molecule has 0 saturated heterocycles. The first-order valence-electron chi connectivity index (χ1n) is 7.18. The largest absolute Gasteiger partial charge is 0.466 e. The van der Waals surface area contributed by atoms with Crippen molar-refractivity contribution in [2.45, 2.75) is 26.3 Å². The van der Waals surface area contributed by atoms with Crippen LogP contribution < -0.4 is 5.73 Å². The minimum Gasteiger partial charge on any atom is -0.466 e. The number of ether oxygens (including phenoxy) is 1. The zero-order valence-corrected chi connectivity index (χ0v) is 12.5. The number of esters is 1. The maximum absolute atomic E-state index is 11.4. The first kappa shape index (κ1) is 15.3. The second kappa shape index (κ2) is 7.04. The fraction of sp³-hybridized carbons (Fsp3) is 0.278. The van der Waals surface area contributed by atoms with Gasteiger partial charge in [0, 0.05) is 6.04 Å². The minimum atomic E-state index is -0.323. The fourth-order valence-corrected chi connectivity index (χ4v) is 2.19. The van der Waals surface area contributed by atoms with Crippen molar-refractivity contribution in [3.63, 3.8) is 0 Å². The molecule has 0 amide bonds. The summed E-state index contributed by atoms with van der Waals surface area (Å²) in [6.07, 6.45) is 0.206. The molecule has 21 heavy (non-hydrogen) atoms. The molecular formula is C18H21NO2. The molecule has 0 aliphatic heterocycles. The molecule has 0 aliphatic rings. The molecule has 2 rings (SSSR count). The van der Waals surface area contributed by atoms with E-state index in [9.17, 15) is 4.79 Å². The van der Waals surface area contributed by atoms with Crippen LogP contribution in [0.5, 0.6) is 0 Å². The number of nitrogens with two attached hydrogens (primary N) is 1. The molecule has 1 unspecified atom stereocenters. The van der Waals surface area contributed by atoms with Crippen LogP contribution in [0.2, 0.25) is 0 Å². The van der Waals surface area contributed by atoms with E-state index in [2.05, 4.69) is 31.2 Å². The molecule has 0 aliphatic carbocycles. The van der Waals surface area contributed by atoms with Crippen molar-refractivity contribution >= 4 is 5.97 Å². The first-order valence-corrected chi connectivity index (χ1v) is 7.18. The minimum absolute atomic E-state index is 0.206. The summed E-state index contributed by atoms with van der Waals surface area (Å²) in [4.78, 5) is 11.4. The van der Waals surface area contributed by atoms with Gasteiger partial charge in [-0.25, -0.2) is 0 Å². The summed E-state index contributed by atoms with van der Waals surface area (Å²) in [6.45, 7) is 4.25. The number of carbonyl (C=O) groups is 1. The van der Waals surface area contributed by atoms with Crippen molar-refractivity contribution in [3.8, 4) is 11.1 Å². The van der Waals surface area contributed by atoms with E-state index in [1.54, 1.807) is 6.92 Å². The molecular weight excluding hydrogens is 262 g/mol. The summed E-state index contributed by atoms with van der Waals surface area (Å²) in [6, 6.07) is 16.1. The number of aryl methyl sites for hydroxylation is 1. The Hall–Kier alpha value is -2.13. The van der Waals surface area contributed by atoms with Crippen LogP contribution in [0.25, 0.3) is 11.1 Å². The SMILES string of the molecule is CCOC(=O)CC(N)c1ccc(-c2ccc(C)cc2)cc1. The molecule has 1 atom stereocenters. The molecule has 3 nitrogen and oxygen atoms in total. The lowest BCUT2D eigenvalue weighted by Gasteiger charge is -2.12. The van der Waals surface area contributed by atoms with Crippen molar-refractivity contribution in [1.82, 2.24) is 0 Å². The van der Waals surface area contributed by atoms with Crippen LogP contribution in [-0.4, -0.2) is 12.6 Å². The quantitative estimate of drug-likeness (QED) is 0.853. The maximum atomic E-state index is 11.4. The van der Waals surface area contributed by atoms with Crippen LogP contribution >= 0.6 is 0 Å². The molecule has 0 bridgehead atoms. The zero-order valence-electron chi connectivity index (χ0n) is 12.5. The highest BCUT2D eigenvalue weighted by Crippen LogP contribution is 2.23. The Balaban J connectivity index is 2.08. The van der Waals surface area contributed by atoms with Gasteiger partial charge in [0.1, 0.15) is 0 Å². The van der Waals surface area contributed by atoms with Gasteiger partial charge in [-0.05, 0) is 30.5 Å². The third-order valence-corrected chi connectivity index (χ3v) is 3.42. The van der Waals surface area contributed by atoms with Gasteiger partial charge in [0.05, 0.1) is 13.0 Å². The summed E-state index contributed by atoms with van der Waals surface area (Å²) >= 11 is 0. The molecule has 0 spiro atoms.